The van der Waals surface area contributed by atoms with Gasteiger partial charge >= 0.3 is 0 Å². The number of pyridine rings is 1. The Balaban J connectivity index is 2.11. The lowest BCUT2D eigenvalue weighted by molar-refractivity contribution is -0.115. The van der Waals surface area contributed by atoms with Crippen LogP contribution in [0.4, 0.5) is 0 Å². The molecule has 0 spiro atoms. The Morgan fingerprint density at radius 3 is 2.95 bits per heavy atom. The Morgan fingerprint density at radius 2 is 2.26 bits per heavy atom. The number of H-pyrrole nitrogens is 1. The van der Waals surface area contributed by atoms with Crippen molar-refractivity contribution in [2.24, 2.45) is 0 Å². The minimum absolute atomic E-state index is 0.274. The van der Waals surface area contributed by atoms with Crippen LogP contribution in [-0.2, 0) is 4.79 Å². The summed E-state index contributed by atoms with van der Waals surface area (Å²) in [4.78, 5) is 18.7. The van der Waals surface area contributed by atoms with Crippen LogP contribution in [0.15, 0.2) is 24.2 Å². The van der Waals surface area contributed by atoms with E-state index < -0.39 is 0 Å². The molecule has 3 rings (SSSR count). The lowest BCUT2D eigenvalue weighted by Crippen LogP contribution is -2.21. The zero-order valence-corrected chi connectivity index (χ0v) is 10.3. The van der Waals surface area contributed by atoms with Crippen molar-refractivity contribution in [3.05, 3.63) is 35.3 Å². The average molecular weight is 269 g/mol. The summed E-state index contributed by atoms with van der Waals surface area (Å²) in [6, 6.07) is 3.75. The Hall–Kier alpha value is -2.72. The van der Waals surface area contributed by atoms with Gasteiger partial charge in [0.15, 0.2) is 5.11 Å². The Kier molecular flexibility index (Phi) is 2.51. The van der Waals surface area contributed by atoms with Crippen LogP contribution in [0.2, 0.25) is 0 Å². The van der Waals surface area contributed by atoms with Gasteiger partial charge in [0.05, 0.1) is 5.56 Å². The number of nitrogens with one attached hydrogen (secondary N) is 3. The van der Waals surface area contributed by atoms with E-state index in [2.05, 4.69) is 20.6 Å². The fourth-order valence-corrected chi connectivity index (χ4v) is 2.04. The number of rotatable bonds is 1. The van der Waals surface area contributed by atoms with Gasteiger partial charge in [0, 0.05) is 23.3 Å². The molecule has 2 aromatic rings. The van der Waals surface area contributed by atoms with Crippen molar-refractivity contribution >= 4 is 40.3 Å². The number of carbonyl (C=O) groups excluding carboxylic acids is 1. The molecule has 0 atom stereocenters. The standard InChI is InChI=1S/C12H7N5OS/c13-3-6-1-8-7(5-15-10(8)14-4-6)2-9-11(18)17-12(19)16-9/h1-2,4-5H,(H,14,15)(H2,16,17,18,19). The molecule has 1 aliphatic rings. The van der Waals surface area contributed by atoms with Crippen LogP contribution in [0.1, 0.15) is 11.1 Å². The van der Waals surface area contributed by atoms with Gasteiger partial charge in [0.2, 0.25) is 0 Å². The summed E-state index contributed by atoms with van der Waals surface area (Å²) >= 11 is 4.86. The Bertz CT molecular complexity index is 783. The van der Waals surface area contributed by atoms with Crippen molar-refractivity contribution in [2.45, 2.75) is 0 Å². The van der Waals surface area contributed by atoms with Crippen LogP contribution in [0.5, 0.6) is 0 Å². The second-order valence-corrected chi connectivity index (χ2v) is 4.35. The predicted molar refractivity (Wildman–Crippen MR) is 72.7 cm³/mol. The van der Waals surface area contributed by atoms with Crippen molar-refractivity contribution in [1.29, 1.82) is 5.26 Å². The zero-order chi connectivity index (χ0) is 13.4. The molecule has 6 nitrogen and oxygen atoms in total. The molecule has 1 amide bonds. The highest BCUT2D eigenvalue weighted by atomic mass is 32.1. The number of hydrogen-bond donors (Lipinski definition) is 3. The maximum Gasteiger partial charge on any atom is 0.273 e. The highest BCUT2D eigenvalue weighted by Crippen LogP contribution is 2.20. The Morgan fingerprint density at radius 1 is 1.42 bits per heavy atom. The van der Waals surface area contributed by atoms with Crippen molar-refractivity contribution in [3.63, 3.8) is 0 Å². The number of nitrogens with zero attached hydrogens (tertiary/aromatic N) is 2. The number of fused-ring (bicyclic) bond motifs is 1. The van der Waals surface area contributed by atoms with Gasteiger partial charge in [-0.25, -0.2) is 4.98 Å². The smallest absolute Gasteiger partial charge is 0.273 e. The van der Waals surface area contributed by atoms with Crippen LogP contribution in [-0.4, -0.2) is 21.0 Å². The summed E-state index contributed by atoms with van der Waals surface area (Å²) in [5, 5.41) is 15.2. The first-order valence-corrected chi connectivity index (χ1v) is 5.79. The lowest BCUT2D eigenvalue weighted by atomic mass is 10.1. The van der Waals surface area contributed by atoms with E-state index in [-0.39, 0.29) is 11.0 Å². The van der Waals surface area contributed by atoms with E-state index in [1.165, 1.54) is 6.20 Å². The lowest BCUT2D eigenvalue weighted by Gasteiger charge is -1.95. The molecule has 3 N–H and O–H groups in total. The summed E-state index contributed by atoms with van der Waals surface area (Å²) in [5.74, 6) is -0.274. The number of nitriles is 1. The topological polar surface area (TPSA) is 93.6 Å². The van der Waals surface area contributed by atoms with E-state index in [0.29, 0.717) is 16.9 Å². The van der Waals surface area contributed by atoms with Gasteiger partial charge in [0.25, 0.3) is 5.91 Å². The maximum absolute atomic E-state index is 11.6. The van der Waals surface area contributed by atoms with E-state index in [1.807, 2.05) is 6.07 Å². The van der Waals surface area contributed by atoms with Gasteiger partial charge in [-0.2, -0.15) is 5.26 Å². The molecule has 19 heavy (non-hydrogen) atoms. The fraction of sp³-hybridized carbons (Fsp3) is 0. The van der Waals surface area contributed by atoms with Gasteiger partial charge in [-0.15, -0.1) is 0 Å². The van der Waals surface area contributed by atoms with E-state index >= 15 is 0 Å². The quantitative estimate of drug-likeness (QED) is 0.525. The van der Waals surface area contributed by atoms with E-state index in [9.17, 15) is 4.79 Å². The number of aromatic nitrogens is 2. The molecule has 0 unspecified atom stereocenters. The monoisotopic (exact) mass is 269 g/mol. The second kappa shape index (κ2) is 4.19. The first-order valence-electron chi connectivity index (χ1n) is 5.38. The molecule has 7 heteroatoms. The SMILES string of the molecule is N#Cc1cnc2[nH]cc(C=C3NC(=S)NC3=O)c2c1. The van der Waals surface area contributed by atoms with E-state index in [4.69, 9.17) is 17.5 Å². The van der Waals surface area contributed by atoms with E-state index in [1.54, 1.807) is 18.3 Å². The zero-order valence-electron chi connectivity index (χ0n) is 9.52. The van der Waals surface area contributed by atoms with Crippen molar-refractivity contribution in [1.82, 2.24) is 20.6 Å². The fourth-order valence-electron chi connectivity index (χ4n) is 1.84. The first-order chi connectivity index (χ1) is 9.17. The number of aromatic amines is 1. The maximum atomic E-state index is 11.6. The third kappa shape index (κ3) is 1.94. The molecule has 0 bridgehead atoms. The minimum atomic E-state index is -0.274. The number of carbonyl (C=O) groups is 1. The molecule has 1 fully saturated rings. The minimum Gasteiger partial charge on any atom is -0.346 e. The van der Waals surface area contributed by atoms with Crippen LogP contribution in [0, 0.1) is 11.3 Å². The predicted octanol–water partition coefficient (Wildman–Crippen LogP) is 0.780. The largest absolute Gasteiger partial charge is 0.346 e. The second-order valence-electron chi connectivity index (χ2n) is 3.94. The van der Waals surface area contributed by atoms with Gasteiger partial charge < -0.3 is 10.3 Å². The molecule has 92 valence electrons. The summed E-state index contributed by atoms with van der Waals surface area (Å²) < 4.78 is 0. The summed E-state index contributed by atoms with van der Waals surface area (Å²) in [5.41, 5.74) is 2.26. The van der Waals surface area contributed by atoms with E-state index in [0.717, 1.165) is 10.9 Å². The third-order valence-electron chi connectivity index (χ3n) is 2.71. The molecule has 0 aromatic carbocycles. The number of thiocarbonyl (C=S) groups is 1. The van der Waals surface area contributed by atoms with Crippen molar-refractivity contribution in [3.8, 4) is 6.07 Å². The summed E-state index contributed by atoms with van der Waals surface area (Å²) in [7, 11) is 0. The first kappa shape index (κ1) is 11.4. The molecular weight excluding hydrogens is 262 g/mol. The van der Waals surface area contributed by atoms with Crippen LogP contribution < -0.4 is 10.6 Å². The highest BCUT2D eigenvalue weighted by Gasteiger charge is 2.20. The van der Waals surface area contributed by atoms with Crippen molar-refractivity contribution < 1.29 is 4.79 Å². The summed E-state index contributed by atoms with van der Waals surface area (Å²) in [6.45, 7) is 0. The normalized spacial score (nSPS) is 16.5. The molecule has 1 aliphatic heterocycles. The molecule has 1 saturated heterocycles. The van der Waals surface area contributed by atoms with Crippen LogP contribution in [0.3, 0.4) is 0 Å². The Labute approximate surface area is 113 Å². The highest BCUT2D eigenvalue weighted by molar-refractivity contribution is 7.80. The average Bonchev–Trinajstić information content (AvgIpc) is 2.93. The number of amides is 1. The molecule has 2 aromatic heterocycles. The molecule has 3 heterocycles. The van der Waals surface area contributed by atoms with Gasteiger partial charge in [-0.3, -0.25) is 10.1 Å². The van der Waals surface area contributed by atoms with Gasteiger partial charge in [-0.1, -0.05) is 0 Å². The van der Waals surface area contributed by atoms with Gasteiger partial charge in [-0.05, 0) is 24.4 Å². The van der Waals surface area contributed by atoms with Crippen molar-refractivity contribution in [2.75, 3.05) is 0 Å². The molecule has 0 aliphatic carbocycles. The summed E-state index contributed by atoms with van der Waals surface area (Å²) in [6.07, 6.45) is 4.88. The molecule has 0 saturated carbocycles. The van der Waals surface area contributed by atoms with Gasteiger partial charge in [0.1, 0.15) is 17.4 Å². The molecular formula is C12H7N5OS. The van der Waals surface area contributed by atoms with Crippen LogP contribution >= 0.6 is 12.2 Å². The molecule has 0 radical (unpaired) electrons. The number of hydrogen-bond acceptors (Lipinski definition) is 4. The van der Waals surface area contributed by atoms with Crippen LogP contribution in [0.25, 0.3) is 17.1 Å². The third-order valence-corrected chi connectivity index (χ3v) is 2.92.